The number of thioether (sulfide) groups is 2. The molecule has 1 aliphatic rings. The zero-order chi connectivity index (χ0) is 13.8. The molecule has 1 aliphatic heterocycles. The van der Waals surface area contributed by atoms with Crippen molar-refractivity contribution in [2.24, 2.45) is 0 Å². The summed E-state index contributed by atoms with van der Waals surface area (Å²) >= 11 is 3.73. The van der Waals surface area contributed by atoms with Crippen LogP contribution < -0.4 is 0 Å². The molecule has 20 heavy (non-hydrogen) atoms. The number of aliphatic hydroxyl groups is 1. The Morgan fingerprint density at radius 1 is 1.05 bits per heavy atom. The van der Waals surface area contributed by atoms with E-state index in [1.807, 2.05) is 47.9 Å². The highest BCUT2D eigenvalue weighted by Crippen LogP contribution is 2.49. The molecule has 4 heteroatoms. The van der Waals surface area contributed by atoms with Crippen LogP contribution in [0.25, 0.3) is 11.3 Å². The molecule has 104 valence electrons. The van der Waals surface area contributed by atoms with Crippen LogP contribution in [0, 0.1) is 0 Å². The van der Waals surface area contributed by atoms with Gasteiger partial charge in [-0.05, 0) is 35.6 Å². The Balaban J connectivity index is 1.89. The van der Waals surface area contributed by atoms with Crippen molar-refractivity contribution < 1.29 is 5.11 Å². The molecule has 1 aromatic heterocycles. The number of hydrogen-bond donors (Lipinski definition) is 1. The molecule has 0 bridgehead atoms. The quantitative estimate of drug-likeness (QED) is 0.936. The molecule has 1 aromatic carbocycles. The maximum Gasteiger partial charge on any atom is 0.109 e. The van der Waals surface area contributed by atoms with E-state index < -0.39 is 0 Å². The van der Waals surface area contributed by atoms with Crippen molar-refractivity contribution in [3.8, 4) is 11.3 Å². The Hall–Kier alpha value is -0.970. The maximum absolute atomic E-state index is 9.83. The summed E-state index contributed by atoms with van der Waals surface area (Å²) in [5, 5.41) is 9.83. The van der Waals surface area contributed by atoms with E-state index in [9.17, 15) is 5.11 Å². The summed E-state index contributed by atoms with van der Waals surface area (Å²) in [5.74, 6) is 2.24. The standard InChI is InChI=1S/C16H17NOS2/c18-12-16(19-10-3-11-20-16)14-7-5-13(6-8-14)15-4-1-2-9-17-15/h1-2,4-9,18H,3,10-12H2. The minimum absolute atomic E-state index is 0.180. The van der Waals surface area contributed by atoms with E-state index >= 15 is 0 Å². The lowest BCUT2D eigenvalue weighted by molar-refractivity contribution is 0.285. The van der Waals surface area contributed by atoms with Crippen LogP contribution in [0.2, 0.25) is 0 Å². The van der Waals surface area contributed by atoms with E-state index in [4.69, 9.17) is 0 Å². The molecule has 3 rings (SSSR count). The number of pyridine rings is 1. The zero-order valence-corrected chi connectivity index (χ0v) is 12.8. The van der Waals surface area contributed by atoms with Gasteiger partial charge < -0.3 is 5.11 Å². The van der Waals surface area contributed by atoms with Crippen LogP contribution in [-0.4, -0.2) is 28.2 Å². The SMILES string of the molecule is OCC1(c2ccc(-c3ccccn3)cc2)SCCCS1. The molecule has 0 radical (unpaired) electrons. The van der Waals surface area contributed by atoms with Gasteiger partial charge in [0, 0.05) is 11.8 Å². The predicted molar refractivity (Wildman–Crippen MR) is 88.0 cm³/mol. The lowest BCUT2D eigenvalue weighted by Gasteiger charge is -2.34. The van der Waals surface area contributed by atoms with Crippen LogP contribution in [0.1, 0.15) is 12.0 Å². The number of hydrogen-bond acceptors (Lipinski definition) is 4. The summed E-state index contributed by atoms with van der Waals surface area (Å²) in [5.41, 5.74) is 3.31. The fraction of sp³-hybridized carbons (Fsp3) is 0.312. The molecular weight excluding hydrogens is 286 g/mol. The summed E-state index contributed by atoms with van der Waals surface area (Å²) in [6.45, 7) is 0.186. The fourth-order valence-corrected chi connectivity index (χ4v) is 5.39. The smallest absolute Gasteiger partial charge is 0.109 e. The highest BCUT2D eigenvalue weighted by Gasteiger charge is 2.34. The molecule has 0 amide bonds. The molecule has 2 nitrogen and oxygen atoms in total. The average Bonchev–Trinajstić information content (AvgIpc) is 2.56. The van der Waals surface area contributed by atoms with Gasteiger partial charge in [0.2, 0.25) is 0 Å². The summed E-state index contributed by atoms with van der Waals surface area (Å²) < 4.78 is -0.180. The zero-order valence-electron chi connectivity index (χ0n) is 11.2. The Bertz CT molecular complexity index is 550. The van der Waals surface area contributed by atoms with Gasteiger partial charge >= 0.3 is 0 Å². The topological polar surface area (TPSA) is 33.1 Å². The summed E-state index contributed by atoms with van der Waals surface area (Å²) in [6, 6.07) is 14.4. The molecular formula is C16H17NOS2. The van der Waals surface area contributed by atoms with E-state index in [0.717, 1.165) is 22.8 Å². The molecule has 0 atom stereocenters. The van der Waals surface area contributed by atoms with Gasteiger partial charge in [0.1, 0.15) is 4.08 Å². The van der Waals surface area contributed by atoms with Crippen LogP contribution in [-0.2, 0) is 4.08 Å². The predicted octanol–water partition coefficient (Wildman–Crippen LogP) is 3.76. The normalized spacial score (nSPS) is 17.9. The van der Waals surface area contributed by atoms with Crippen molar-refractivity contribution in [3.63, 3.8) is 0 Å². The Labute approximate surface area is 128 Å². The van der Waals surface area contributed by atoms with Gasteiger partial charge in [-0.2, -0.15) is 0 Å². The lowest BCUT2D eigenvalue weighted by atomic mass is 10.1. The van der Waals surface area contributed by atoms with Crippen molar-refractivity contribution >= 4 is 23.5 Å². The third-order valence-corrected chi connectivity index (χ3v) is 6.81. The molecule has 1 N–H and O–H groups in total. The Morgan fingerprint density at radius 2 is 1.80 bits per heavy atom. The molecule has 1 fully saturated rings. The molecule has 1 saturated heterocycles. The largest absolute Gasteiger partial charge is 0.394 e. The van der Waals surface area contributed by atoms with Gasteiger partial charge in [0.15, 0.2) is 0 Å². The number of aliphatic hydroxyl groups excluding tert-OH is 1. The van der Waals surface area contributed by atoms with E-state index in [0.29, 0.717) is 0 Å². The van der Waals surface area contributed by atoms with Gasteiger partial charge in [0.25, 0.3) is 0 Å². The molecule has 2 aromatic rings. The van der Waals surface area contributed by atoms with Crippen LogP contribution in [0.3, 0.4) is 0 Å². The van der Waals surface area contributed by atoms with Gasteiger partial charge in [-0.1, -0.05) is 30.3 Å². The number of nitrogens with zero attached hydrogens (tertiary/aromatic N) is 1. The van der Waals surface area contributed by atoms with E-state index in [1.54, 1.807) is 0 Å². The van der Waals surface area contributed by atoms with Crippen molar-refractivity contribution in [3.05, 3.63) is 54.2 Å². The van der Waals surface area contributed by atoms with E-state index in [2.05, 4.69) is 29.2 Å². The minimum Gasteiger partial charge on any atom is -0.394 e. The van der Waals surface area contributed by atoms with Crippen LogP contribution in [0.15, 0.2) is 48.7 Å². The Kier molecular flexibility index (Phi) is 4.34. The monoisotopic (exact) mass is 303 g/mol. The van der Waals surface area contributed by atoms with Crippen molar-refractivity contribution in [2.45, 2.75) is 10.5 Å². The third kappa shape index (κ3) is 2.73. The minimum atomic E-state index is -0.180. The highest BCUT2D eigenvalue weighted by molar-refractivity contribution is 8.18. The number of benzene rings is 1. The van der Waals surface area contributed by atoms with Crippen LogP contribution in [0.5, 0.6) is 0 Å². The first-order valence-electron chi connectivity index (χ1n) is 6.75. The van der Waals surface area contributed by atoms with E-state index in [-0.39, 0.29) is 10.7 Å². The van der Waals surface area contributed by atoms with Gasteiger partial charge in [-0.3, -0.25) is 4.98 Å². The van der Waals surface area contributed by atoms with E-state index in [1.165, 1.54) is 12.0 Å². The van der Waals surface area contributed by atoms with Gasteiger partial charge in [-0.15, -0.1) is 23.5 Å². The number of rotatable bonds is 3. The number of aromatic nitrogens is 1. The first-order chi connectivity index (χ1) is 9.84. The summed E-state index contributed by atoms with van der Waals surface area (Å²) in [7, 11) is 0. The second kappa shape index (κ2) is 6.20. The summed E-state index contributed by atoms with van der Waals surface area (Å²) in [6.07, 6.45) is 3.04. The molecule has 0 unspecified atom stereocenters. The molecule has 0 aliphatic carbocycles. The second-order valence-corrected chi connectivity index (χ2v) is 7.80. The third-order valence-electron chi connectivity index (χ3n) is 3.45. The van der Waals surface area contributed by atoms with Crippen LogP contribution in [0.4, 0.5) is 0 Å². The van der Waals surface area contributed by atoms with Gasteiger partial charge in [0.05, 0.1) is 12.3 Å². The maximum atomic E-state index is 9.83. The first-order valence-corrected chi connectivity index (χ1v) is 8.72. The molecule has 0 spiro atoms. The molecule has 2 heterocycles. The van der Waals surface area contributed by atoms with Gasteiger partial charge in [-0.25, -0.2) is 0 Å². The Morgan fingerprint density at radius 3 is 2.40 bits per heavy atom. The second-order valence-electron chi connectivity index (χ2n) is 4.75. The van der Waals surface area contributed by atoms with Crippen molar-refractivity contribution in [2.75, 3.05) is 18.1 Å². The lowest BCUT2D eigenvalue weighted by Crippen LogP contribution is -2.26. The fourth-order valence-electron chi connectivity index (χ4n) is 2.35. The summed E-state index contributed by atoms with van der Waals surface area (Å²) in [4.78, 5) is 4.37. The van der Waals surface area contributed by atoms with Crippen LogP contribution >= 0.6 is 23.5 Å². The average molecular weight is 303 g/mol. The molecule has 0 saturated carbocycles. The van der Waals surface area contributed by atoms with Crippen molar-refractivity contribution in [1.29, 1.82) is 0 Å². The van der Waals surface area contributed by atoms with Crippen molar-refractivity contribution in [1.82, 2.24) is 4.98 Å². The first kappa shape index (κ1) is 14.0. The highest BCUT2D eigenvalue weighted by atomic mass is 32.2.